The van der Waals surface area contributed by atoms with Crippen molar-refractivity contribution in [1.82, 2.24) is 0 Å². The van der Waals surface area contributed by atoms with Gasteiger partial charge in [0, 0.05) is 0 Å². The molecule has 0 aromatic heterocycles. The molecule has 1 aromatic carbocycles. The predicted molar refractivity (Wildman–Crippen MR) is 65.2 cm³/mol. The summed E-state index contributed by atoms with van der Waals surface area (Å²) in [5.74, 6) is 0.723. The van der Waals surface area contributed by atoms with Gasteiger partial charge in [0.1, 0.15) is 0 Å². The average molecular weight is 276 g/mol. The van der Waals surface area contributed by atoms with Gasteiger partial charge in [0.2, 0.25) is 0 Å². The zero-order valence-corrected chi connectivity index (χ0v) is 10.1. The predicted octanol–water partition coefficient (Wildman–Crippen LogP) is 4.21. The molecule has 1 aromatic rings. The van der Waals surface area contributed by atoms with E-state index in [1.807, 2.05) is 0 Å². The van der Waals surface area contributed by atoms with Gasteiger partial charge in [-0.1, -0.05) is 50.6 Å². The van der Waals surface area contributed by atoms with Gasteiger partial charge >= 0.3 is 0 Å². The average Bonchev–Trinajstić information content (AvgIpc) is 2.07. The van der Waals surface area contributed by atoms with Crippen LogP contribution < -0.4 is 0 Å². The first-order valence-electron chi connectivity index (χ1n) is 4.39. The molecule has 0 aliphatic carbocycles. The second kappa shape index (κ2) is 6.46. The molecule has 0 heterocycles. The first-order chi connectivity index (χ1) is 5.34. The van der Waals surface area contributed by atoms with E-state index in [4.69, 9.17) is 0 Å². The molecule has 1 heteroatoms. The lowest BCUT2D eigenvalue weighted by Crippen LogP contribution is -1.91. The molecule has 12 heavy (non-hydrogen) atoms. The molecule has 0 aliphatic rings. The summed E-state index contributed by atoms with van der Waals surface area (Å²) in [6.07, 6.45) is 2.57. The largest absolute Gasteiger partial charge is 0.107 e. The van der Waals surface area contributed by atoms with Crippen molar-refractivity contribution < 1.29 is 0 Å². The number of hydrogen-bond donors (Lipinski definition) is 0. The van der Waals surface area contributed by atoms with E-state index >= 15 is 0 Å². The van der Waals surface area contributed by atoms with Gasteiger partial charge in [-0.25, -0.2) is 0 Å². The van der Waals surface area contributed by atoms with Crippen molar-refractivity contribution in [3.05, 3.63) is 35.9 Å². The number of rotatable bonds is 3. The minimum absolute atomic E-state index is 0. The summed E-state index contributed by atoms with van der Waals surface area (Å²) >= 11 is 0. The summed E-state index contributed by atoms with van der Waals surface area (Å²) in [6.45, 7) is 4.53. The van der Waals surface area contributed by atoms with E-state index in [2.05, 4.69) is 44.2 Å². The second-order valence-corrected chi connectivity index (χ2v) is 3.10. The molecule has 0 saturated carbocycles. The van der Waals surface area contributed by atoms with Gasteiger partial charge in [-0.15, -0.1) is 24.0 Å². The van der Waals surface area contributed by atoms with Gasteiger partial charge in [-0.3, -0.25) is 0 Å². The Bertz CT molecular complexity index is 193. The SMILES string of the molecule is CCCC(C)c1ccccc1.I. The van der Waals surface area contributed by atoms with Crippen molar-refractivity contribution in [3.8, 4) is 0 Å². The van der Waals surface area contributed by atoms with Gasteiger partial charge in [-0.05, 0) is 17.9 Å². The summed E-state index contributed by atoms with van der Waals surface area (Å²) in [4.78, 5) is 0. The first kappa shape index (κ1) is 11.9. The summed E-state index contributed by atoms with van der Waals surface area (Å²) in [5.41, 5.74) is 1.47. The lowest BCUT2D eigenvalue weighted by atomic mass is 9.97. The maximum atomic E-state index is 2.29. The van der Waals surface area contributed by atoms with Crippen molar-refractivity contribution in [3.63, 3.8) is 0 Å². The van der Waals surface area contributed by atoms with Gasteiger partial charge in [0.25, 0.3) is 0 Å². The van der Waals surface area contributed by atoms with E-state index in [0.29, 0.717) is 0 Å². The zero-order chi connectivity index (χ0) is 8.10. The molecular weight excluding hydrogens is 259 g/mol. The lowest BCUT2D eigenvalue weighted by molar-refractivity contribution is 0.665. The molecule has 1 unspecified atom stereocenters. The standard InChI is InChI=1S/C11H16.HI/c1-3-7-10(2)11-8-5-4-6-9-11;/h4-6,8-10H,3,7H2,1-2H3;1H. The molecule has 1 atom stereocenters. The molecule has 0 nitrogen and oxygen atoms in total. The molecule has 1 rings (SSSR count). The quantitative estimate of drug-likeness (QED) is 0.725. The first-order valence-corrected chi connectivity index (χ1v) is 4.39. The Labute approximate surface area is 92.4 Å². The van der Waals surface area contributed by atoms with Crippen LogP contribution in [-0.4, -0.2) is 0 Å². The van der Waals surface area contributed by atoms with Crippen molar-refractivity contribution in [2.24, 2.45) is 0 Å². The monoisotopic (exact) mass is 276 g/mol. The smallest absolute Gasteiger partial charge is 0.0190 e. The summed E-state index contributed by atoms with van der Waals surface area (Å²) in [5, 5.41) is 0. The van der Waals surface area contributed by atoms with Gasteiger partial charge in [0.05, 0.1) is 0 Å². The highest BCUT2D eigenvalue weighted by Crippen LogP contribution is 2.19. The molecular formula is C11H17I. The minimum Gasteiger partial charge on any atom is -0.107 e. The molecule has 0 spiro atoms. The molecule has 0 aliphatic heterocycles. The van der Waals surface area contributed by atoms with Crippen LogP contribution in [0.25, 0.3) is 0 Å². The maximum Gasteiger partial charge on any atom is -0.0190 e. The summed E-state index contributed by atoms with van der Waals surface area (Å²) < 4.78 is 0. The van der Waals surface area contributed by atoms with E-state index in [1.54, 1.807) is 0 Å². The third kappa shape index (κ3) is 3.57. The van der Waals surface area contributed by atoms with Crippen molar-refractivity contribution in [2.75, 3.05) is 0 Å². The second-order valence-electron chi connectivity index (χ2n) is 3.10. The van der Waals surface area contributed by atoms with Crippen LogP contribution in [0.2, 0.25) is 0 Å². The molecule has 0 bridgehead atoms. The van der Waals surface area contributed by atoms with Crippen LogP contribution in [0.4, 0.5) is 0 Å². The Hall–Kier alpha value is -0.0500. The van der Waals surface area contributed by atoms with Crippen LogP contribution in [0.5, 0.6) is 0 Å². The summed E-state index contributed by atoms with van der Waals surface area (Å²) in [7, 11) is 0. The fourth-order valence-electron chi connectivity index (χ4n) is 1.38. The number of hydrogen-bond acceptors (Lipinski definition) is 0. The van der Waals surface area contributed by atoms with Crippen molar-refractivity contribution >= 4 is 24.0 Å². The highest BCUT2D eigenvalue weighted by molar-refractivity contribution is 14.0. The van der Waals surface area contributed by atoms with Crippen molar-refractivity contribution in [2.45, 2.75) is 32.6 Å². The Kier molecular flexibility index (Phi) is 6.44. The van der Waals surface area contributed by atoms with Crippen LogP contribution in [-0.2, 0) is 0 Å². The van der Waals surface area contributed by atoms with Gasteiger partial charge in [-0.2, -0.15) is 0 Å². The Morgan fingerprint density at radius 3 is 2.25 bits per heavy atom. The van der Waals surface area contributed by atoms with Crippen LogP contribution in [0.15, 0.2) is 30.3 Å². The Morgan fingerprint density at radius 2 is 1.75 bits per heavy atom. The topological polar surface area (TPSA) is 0 Å². The normalized spacial score (nSPS) is 11.8. The zero-order valence-electron chi connectivity index (χ0n) is 7.79. The van der Waals surface area contributed by atoms with Crippen LogP contribution in [0, 0.1) is 0 Å². The van der Waals surface area contributed by atoms with Gasteiger partial charge < -0.3 is 0 Å². The molecule has 0 saturated heterocycles. The fourth-order valence-corrected chi connectivity index (χ4v) is 1.38. The molecule has 0 amide bonds. The third-order valence-electron chi connectivity index (χ3n) is 2.09. The molecule has 0 fully saturated rings. The third-order valence-corrected chi connectivity index (χ3v) is 2.09. The fraction of sp³-hybridized carbons (Fsp3) is 0.455. The molecule has 68 valence electrons. The van der Waals surface area contributed by atoms with E-state index < -0.39 is 0 Å². The number of halogens is 1. The molecule has 0 N–H and O–H groups in total. The van der Waals surface area contributed by atoms with E-state index in [0.717, 1.165) is 5.92 Å². The van der Waals surface area contributed by atoms with Crippen LogP contribution in [0.1, 0.15) is 38.2 Å². The van der Waals surface area contributed by atoms with Crippen LogP contribution in [0.3, 0.4) is 0 Å². The molecule has 0 radical (unpaired) electrons. The van der Waals surface area contributed by atoms with Crippen LogP contribution >= 0.6 is 24.0 Å². The maximum absolute atomic E-state index is 2.29. The highest BCUT2D eigenvalue weighted by Gasteiger charge is 2.01. The van der Waals surface area contributed by atoms with E-state index in [9.17, 15) is 0 Å². The van der Waals surface area contributed by atoms with E-state index in [-0.39, 0.29) is 24.0 Å². The van der Waals surface area contributed by atoms with E-state index in [1.165, 1.54) is 18.4 Å². The lowest BCUT2D eigenvalue weighted by Gasteiger charge is -2.08. The minimum atomic E-state index is 0. The van der Waals surface area contributed by atoms with Gasteiger partial charge in [0.15, 0.2) is 0 Å². The summed E-state index contributed by atoms with van der Waals surface area (Å²) in [6, 6.07) is 10.7. The Morgan fingerprint density at radius 1 is 1.17 bits per heavy atom. The Balaban J connectivity index is 0.00000121. The number of benzene rings is 1. The van der Waals surface area contributed by atoms with Crippen molar-refractivity contribution in [1.29, 1.82) is 0 Å². The highest BCUT2D eigenvalue weighted by atomic mass is 127.